The molecule has 28 heavy (non-hydrogen) atoms. The zero-order chi connectivity index (χ0) is 19.6. The van der Waals surface area contributed by atoms with Gasteiger partial charge in [0.05, 0.1) is 6.10 Å². The second-order valence-corrected chi connectivity index (χ2v) is 7.29. The van der Waals surface area contributed by atoms with Crippen LogP contribution in [-0.4, -0.2) is 30.3 Å². The van der Waals surface area contributed by atoms with Gasteiger partial charge >= 0.3 is 0 Å². The number of aliphatic hydroxyl groups excluding tert-OH is 1. The lowest BCUT2D eigenvalue weighted by Gasteiger charge is -2.21. The van der Waals surface area contributed by atoms with Crippen LogP contribution in [0.5, 0.6) is 0 Å². The molecule has 0 aliphatic carbocycles. The van der Waals surface area contributed by atoms with Crippen LogP contribution < -0.4 is 11.1 Å². The summed E-state index contributed by atoms with van der Waals surface area (Å²) in [6.07, 6.45) is 1.08. The van der Waals surface area contributed by atoms with Crippen molar-refractivity contribution >= 4 is 0 Å². The maximum Gasteiger partial charge on any atom is 0.0818 e. The van der Waals surface area contributed by atoms with Gasteiger partial charge in [-0.25, -0.2) is 0 Å². The molecule has 3 aromatic carbocycles. The Kier molecular flexibility index (Phi) is 7.80. The van der Waals surface area contributed by atoms with Gasteiger partial charge in [0, 0.05) is 18.5 Å². The van der Waals surface area contributed by atoms with Gasteiger partial charge < -0.3 is 16.2 Å². The molecule has 0 spiro atoms. The molecule has 0 fully saturated rings. The molecular weight excluding hydrogens is 344 g/mol. The van der Waals surface area contributed by atoms with E-state index in [4.69, 9.17) is 5.73 Å². The highest BCUT2D eigenvalue weighted by Crippen LogP contribution is 2.27. The normalized spacial score (nSPS) is 13.4. The fourth-order valence-corrected chi connectivity index (χ4v) is 3.57. The van der Waals surface area contributed by atoms with Gasteiger partial charge in [-0.3, -0.25) is 0 Å². The molecule has 3 nitrogen and oxygen atoms in total. The van der Waals surface area contributed by atoms with Crippen molar-refractivity contribution in [3.05, 3.63) is 108 Å². The van der Waals surface area contributed by atoms with E-state index in [-0.39, 0.29) is 6.04 Å². The third-order valence-electron chi connectivity index (χ3n) is 5.18. The summed E-state index contributed by atoms with van der Waals surface area (Å²) >= 11 is 0. The molecule has 0 radical (unpaired) electrons. The van der Waals surface area contributed by atoms with E-state index in [1.165, 1.54) is 11.1 Å². The number of hydrogen-bond acceptors (Lipinski definition) is 3. The highest BCUT2D eigenvalue weighted by molar-refractivity contribution is 5.32. The molecular formula is C25H30N2O. The molecule has 0 amide bonds. The summed E-state index contributed by atoms with van der Waals surface area (Å²) in [4.78, 5) is 0. The van der Waals surface area contributed by atoms with Crippen molar-refractivity contribution in [1.29, 1.82) is 0 Å². The van der Waals surface area contributed by atoms with Crippen LogP contribution in [0.4, 0.5) is 0 Å². The number of nitrogens with two attached hydrogens (primary N) is 1. The smallest absolute Gasteiger partial charge is 0.0818 e. The van der Waals surface area contributed by atoms with Crippen LogP contribution in [0.15, 0.2) is 91.0 Å². The largest absolute Gasteiger partial charge is 0.390 e. The van der Waals surface area contributed by atoms with E-state index < -0.39 is 6.10 Å². The molecule has 0 heterocycles. The molecule has 4 N–H and O–H groups in total. The summed E-state index contributed by atoms with van der Waals surface area (Å²) in [6.45, 7) is 1.33. The van der Waals surface area contributed by atoms with Crippen LogP contribution >= 0.6 is 0 Å². The lowest BCUT2D eigenvalue weighted by Crippen LogP contribution is -2.43. The van der Waals surface area contributed by atoms with E-state index in [9.17, 15) is 5.11 Å². The Morgan fingerprint density at radius 1 is 0.750 bits per heavy atom. The second kappa shape index (κ2) is 10.8. The molecule has 3 rings (SSSR count). The Bertz CT molecular complexity index is 753. The van der Waals surface area contributed by atoms with Crippen molar-refractivity contribution in [2.24, 2.45) is 5.73 Å². The first-order valence-electron chi connectivity index (χ1n) is 10.0. The van der Waals surface area contributed by atoms with Gasteiger partial charge in [0.1, 0.15) is 0 Å². The van der Waals surface area contributed by atoms with Gasteiger partial charge in [-0.05, 0) is 36.1 Å². The molecule has 0 aliphatic rings. The Hall–Kier alpha value is -2.46. The van der Waals surface area contributed by atoms with Gasteiger partial charge in [0.2, 0.25) is 0 Å². The van der Waals surface area contributed by atoms with E-state index in [0.29, 0.717) is 18.9 Å². The molecule has 0 unspecified atom stereocenters. The molecule has 0 bridgehead atoms. The van der Waals surface area contributed by atoms with Crippen molar-refractivity contribution in [2.45, 2.75) is 30.9 Å². The van der Waals surface area contributed by atoms with Crippen LogP contribution in [-0.2, 0) is 6.42 Å². The van der Waals surface area contributed by atoms with Crippen molar-refractivity contribution in [1.82, 2.24) is 5.32 Å². The highest BCUT2D eigenvalue weighted by atomic mass is 16.3. The van der Waals surface area contributed by atoms with E-state index in [1.54, 1.807) is 0 Å². The summed E-state index contributed by atoms with van der Waals surface area (Å²) < 4.78 is 0. The fraction of sp³-hybridized carbons (Fsp3) is 0.280. The van der Waals surface area contributed by atoms with Crippen molar-refractivity contribution < 1.29 is 5.11 Å². The molecule has 2 atom stereocenters. The van der Waals surface area contributed by atoms with Crippen LogP contribution in [0.1, 0.15) is 29.0 Å². The van der Waals surface area contributed by atoms with Gasteiger partial charge in [-0.1, -0.05) is 91.0 Å². The molecule has 0 saturated heterocycles. The van der Waals surface area contributed by atoms with Crippen LogP contribution in [0.2, 0.25) is 0 Å². The molecule has 0 aliphatic heterocycles. The summed E-state index contributed by atoms with van der Waals surface area (Å²) in [6, 6.07) is 31.0. The molecule has 0 aromatic heterocycles. The maximum absolute atomic E-state index is 10.4. The predicted octanol–water partition coefficient (Wildman–Crippen LogP) is 3.73. The third-order valence-corrected chi connectivity index (χ3v) is 5.18. The lowest BCUT2D eigenvalue weighted by molar-refractivity contribution is 0.142. The fourth-order valence-electron chi connectivity index (χ4n) is 3.57. The number of hydrogen-bond donors (Lipinski definition) is 3. The predicted molar refractivity (Wildman–Crippen MR) is 116 cm³/mol. The zero-order valence-corrected chi connectivity index (χ0v) is 16.2. The minimum atomic E-state index is -0.563. The Morgan fingerprint density at radius 2 is 1.25 bits per heavy atom. The van der Waals surface area contributed by atoms with E-state index >= 15 is 0 Å². The van der Waals surface area contributed by atoms with Gasteiger partial charge in [-0.2, -0.15) is 0 Å². The SMILES string of the molecule is N[C@@H](Cc1ccccc1)[C@H](O)CNCCC(c1ccccc1)c1ccccc1. The highest BCUT2D eigenvalue weighted by Gasteiger charge is 2.16. The molecule has 146 valence electrons. The standard InChI is InChI=1S/C25H30N2O/c26-24(18-20-10-4-1-5-11-20)25(28)19-27-17-16-23(21-12-6-2-7-13-21)22-14-8-3-9-15-22/h1-15,23-25,27-28H,16-19,26H2/t24-,25+/m0/s1. The minimum Gasteiger partial charge on any atom is -0.390 e. The topological polar surface area (TPSA) is 58.3 Å². The van der Waals surface area contributed by atoms with Crippen LogP contribution in [0, 0.1) is 0 Å². The summed E-state index contributed by atoms with van der Waals surface area (Å²) in [5, 5.41) is 13.8. The Balaban J connectivity index is 1.50. The average Bonchev–Trinajstić information content (AvgIpc) is 2.75. The van der Waals surface area contributed by atoms with Gasteiger partial charge in [0.25, 0.3) is 0 Å². The number of rotatable bonds is 10. The first-order chi connectivity index (χ1) is 13.7. The Morgan fingerprint density at radius 3 is 1.79 bits per heavy atom. The minimum absolute atomic E-state index is 0.269. The third kappa shape index (κ3) is 6.03. The van der Waals surface area contributed by atoms with Crippen LogP contribution in [0.25, 0.3) is 0 Å². The van der Waals surface area contributed by atoms with Crippen molar-refractivity contribution in [3.63, 3.8) is 0 Å². The van der Waals surface area contributed by atoms with Crippen LogP contribution in [0.3, 0.4) is 0 Å². The van der Waals surface area contributed by atoms with Crippen molar-refractivity contribution in [2.75, 3.05) is 13.1 Å². The number of nitrogens with one attached hydrogen (secondary N) is 1. The number of aliphatic hydroxyl groups is 1. The quantitative estimate of drug-likeness (QED) is 0.474. The average molecular weight is 375 g/mol. The molecule has 0 saturated carbocycles. The van der Waals surface area contributed by atoms with Gasteiger partial charge in [-0.15, -0.1) is 0 Å². The van der Waals surface area contributed by atoms with Gasteiger partial charge in [0.15, 0.2) is 0 Å². The van der Waals surface area contributed by atoms with Crippen molar-refractivity contribution in [3.8, 4) is 0 Å². The number of benzene rings is 3. The van der Waals surface area contributed by atoms with E-state index in [1.807, 2.05) is 42.5 Å². The monoisotopic (exact) mass is 374 g/mol. The summed E-state index contributed by atoms with van der Waals surface area (Å²) in [7, 11) is 0. The van der Waals surface area contributed by atoms with E-state index in [0.717, 1.165) is 18.5 Å². The molecule has 3 aromatic rings. The second-order valence-electron chi connectivity index (χ2n) is 7.29. The zero-order valence-electron chi connectivity index (χ0n) is 16.2. The van der Waals surface area contributed by atoms with E-state index in [2.05, 4.69) is 53.8 Å². The first-order valence-corrected chi connectivity index (χ1v) is 10.0. The first kappa shape index (κ1) is 20.3. The summed E-state index contributed by atoms with van der Waals surface area (Å²) in [5.41, 5.74) is 9.97. The molecule has 3 heteroatoms. The summed E-state index contributed by atoms with van der Waals surface area (Å²) in [5.74, 6) is 0.338. The maximum atomic E-state index is 10.4. The lowest BCUT2D eigenvalue weighted by atomic mass is 9.88. The Labute approximate surface area is 168 Å².